The second-order valence-electron chi connectivity index (χ2n) is 34.8. The number of fused-ring (bicyclic) bond motifs is 4. The number of benzene rings is 8. The van der Waals surface area contributed by atoms with Crippen molar-refractivity contribution < 1.29 is 57.9 Å². The summed E-state index contributed by atoms with van der Waals surface area (Å²) in [6.07, 6.45) is 5.02. The molecule has 5 amide bonds. The average Bonchev–Trinajstić information content (AvgIpc) is 1.62. The highest BCUT2D eigenvalue weighted by Crippen LogP contribution is 2.43. The van der Waals surface area contributed by atoms with Gasteiger partial charge >= 0.3 is 19.1 Å². The van der Waals surface area contributed by atoms with E-state index in [9.17, 15) is 43.5 Å². The van der Waals surface area contributed by atoms with Gasteiger partial charge in [-0.1, -0.05) is 207 Å². The van der Waals surface area contributed by atoms with Gasteiger partial charge in [-0.3, -0.25) is 28.8 Å². The van der Waals surface area contributed by atoms with E-state index in [-0.39, 0.29) is 59.0 Å². The number of aryl methyl sites for hydroxylation is 3. The number of likely N-dealkylation sites (N-methyl/N-ethyl adjacent to an activating group) is 2. The number of nitrogens with two attached hydrogens (primary N) is 1. The summed E-state index contributed by atoms with van der Waals surface area (Å²) in [6.45, 7) is 34.5. The third-order valence-corrected chi connectivity index (χ3v) is 29.3. The fourth-order valence-electron chi connectivity index (χ4n) is 16.4. The highest BCUT2D eigenvalue weighted by Gasteiger charge is 2.52. The number of carbonyl (C=O) groups excluding carboxylic acids is 6. The van der Waals surface area contributed by atoms with Crippen LogP contribution in [0.4, 0.5) is 22.7 Å². The van der Waals surface area contributed by atoms with Crippen molar-refractivity contribution in [2.45, 2.75) is 121 Å². The number of nitrogens with one attached hydrogen (secondary N) is 8. The van der Waals surface area contributed by atoms with Gasteiger partial charge in [0.25, 0.3) is 17.7 Å². The Morgan fingerprint density at radius 3 is 1.15 bits per heavy atom. The van der Waals surface area contributed by atoms with E-state index >= 15 is 0 Å². The van der Waals surface area contributed by atoms with Crippen molar-refractivity contribution in [2.24, 2.45) is 5.73 Å². The topological polar surface area (TPSA) is 439 Å². The van der Waals surface area contributed by atoms with Crippen LogP contribution in [0.3, 0.4) is 0 Å². The number of aromatic nitrogens is 11. The Balaban J connectivity index is 0.000000140. The summed E-state index contributed by atoms with van der Waals surface area (Å²) in [5.74, 6) is -2.43. The minimum absolute atomic E-state index is 0.0427. The maximum absolute atomic E-state index is 13.0. The highest BCUT2D eigenvalue weighted by molar-refractivity contribution is 9.11. The summed E-state index contributed by atoms with van der Waals surface area (Å²) < 4.78 is 12.8. The van der Waals surface area contributed by atoms with E-state index in [4.69, 9.17) is 20.1 Å². The standard InChI is InChI=1S/C30H32N6O2S.C24H18N4O3S.C16H11N3OS.C14H18BNO3.C8H5BrN2S.C8H9NO3.C6H16N2/c1-5-36(6-2)15-14-31-28(38)26-18(3)25(32-19(26)4)17-23-22-16-21(12-13-24(22)33-27(23)37)30-35-34-29(39-30)20-10-8-7-9-11-20;1-12-19(25-13(2)20(12)24(30)31)11-17-16-10-15(8-9-18(16)26-21(17)29)23-28-27-22(32-23)14-6-4-3-5-7-14;20-14-9-12-8-11(6-7-13(12)17-14)16-19-18-15(21-16)10-4-2-1-3-5-10;1-13(2)14(3,4)19-15(18-13)10-5-6-11-9(7-10)8-12(17)16-11;9-8-11-10-7(12-8)6-4-2-1-3-5-6;1-4-6(3-10)9-5(2)7(4)8(11)12;1-3-8(4-2)6-5-7/h7-13,16-17,32H,5-6,14-15H2,1-4H3,(H,31,38)(H,33,37);3-11,25H,1-2H3,(H,26,29)(H,30,31);1-8H,9H2,(H,17,20);5-7H,8H2,1-4H3,(H,16,17);1-5H;3,9H,1-2H3,(H,11,12);3-7H2,1-2H3/b23-17-;17-11-;;;;;. The lowest BCUT2D eigenvalue weighted by atomic mass is 9.78. The predicted octanol–water partition coefficient (Wildman–Crippen LogP) is 19.6. The van der Waals surface area contributed by atoms with E-state index in [1.807, 2.05) is 242 Å². The van der Waals surface area contributed by atoms with Crippen LogP contribution in [0, 0.1) is 41.5 Å². The van der Waals surface area contributed by atoms with Crippen LogP contribution in [0.25, 0.3) is 97.3 Å². The molecule has 0 saturated carbocycles. The van der Waals surface area contributed by atoms with E-state index in [0.717, 1.165) is 185 Å². The minimum atomic E-state index is -1.01. The summed E-state index contributed by atoms with van der Waals surface area (Å²) in [5, 5.41) is 72.4. The molecule has 1 fully saturated rings. The molecule has 7 aromatic heterocycles. The molecule has 12 heterocycles. The van der Waals surface area contributed by atoms with Crippen molar-refractivity contribution in [1.29, 1.82) is 0 Å². The van der Waals surface area contributed by atoms with Gasteiger partial charge in [0.1, 0.15) is 35.1 Å². The van der Waals surface area contributed by atoms with E-state index in [2.05, 4.69) is 136 Å². The van der Waals surface area contributed by atoms with Gasteiger partial charge in [0.05, 0.1) is 57.6 Å². The zero-order valence-corrected chi connectivity index (χ0v) is 86.2. The van der Waals surface area contributed by atoms with E-state index < -0.39 is 11.9 Å². The summed E-state index contributed by atoms with van der Waals surface area (Å²) in [4.78, 5) is 108. The van der Waals surface area contributed by atoms with Crippen molar-refractivity contribution in [3.05, 3.63) is 288 Å². The van der Waals surface area contributed by atoms with Crippen molar-refractivity contribution in [3.63, 3.8) is 0 Å². The van der Waals surface area contributed by atoms with E-state index in [1.54, 1.807) is 45.1 Å². The predicted molar refractivity (Wildman–Crippen MR) is 572 cm³/mol. The normalized spacial score (nSPS) is 14.1. The quantitative estimate of drug-likeness (QED) is 0.0161. The second-order valence-corrected chi connectivity index (χ2v) is 39.9. The molecule has 0 bridgehead atoms. The molecule has 5 aliphatic heterocycles. The van der Waals surface area contributed by atoms with Gasteiger partial charge in [-0.25, -0.2) is 9.59 Å². The number of hydrogen-bond donors (Lipinski definition) is 11. The van der Waals surface area contributed by atoms with E-state index in [1.165, 1.54) is 34.0 Å². The Morgan fingerprint density at radius 2 is 0.783 bits per heavy atom. The van der Waals surface area contributed by atoms with Crippen molar-refractivity contribution in [2.75, 3.05) is 73.6 Å². The molecule has 143 heavy (non-hydrogen) atoms. The number of H-pyrrole nitrogens is 3. The largest absolute Gasteiger partial charge is 0.494 e. The van der Waals surface area contributed by atoms with Gasteiger partial charge in [-0.15, -0.1) is 40.8 Å². The number of hydrogen-bond acceptors (Lipinski definition) is 25. The first-order valence-corrected chi connectivity index (χ1v) is 50.4. The summed E-state index contributed by atoms with van der Waals surface area (Å²) in [6, 6.07) is 63.1. The van der Waals surface area contributed by atoms with Crippen molar-refractivity contribution >= 4 is 168 Å². The molecule has 0 unspecified atom stereocenters. The number of rotatable bonds is 23. The number of carbonyl (C=O) groups is 8. The third-order valence-electron chi connectivity index (χ3n) is 24.8. The SMILES string of the molecule is Brc1nnc(-c2ccccc2)s1.CC1(C)OB(c2ccc3c(c2)CC(=O)N3)OC1(C)C.CCN(CC)CCN.CCN(CC)CCNC(=O)c1c(C)[nH]c(/C=C2\C(=O)Nc3ccc(-c4nnc(-c5ccccc5)s4)cc32)c1C.Cc1[nH]c(/C=C2\C(=O)Nc3ccc(-c4nnc(-c5ccccc5)s4)cc32)c(C)c1C(=O)O.Cc1[nH]c(C=O)c(C)c1C(=O)O.O=C1Cc2cc(-c3nnc(-c4ccccc4)s3)ccc2N1. The highest BCUT2D eigenvalue weighted by atomic mass is 79.9. The van der Waals surface area contributed by atoms with Gasteiger partial charge in [0.15, 0.2) is 10.2 Å². The lowest BCUT2D eigenvalue weighted by Crippen LogP contribution is -2.41. The Bertz CT molecular complexity index is 7230. The van der Waals surface area contributed by atoms with Crippen LogP contribution < -0.4 is 37.8 Å². The number of nitrogens with zero attached hydrogens (tertiary/aromatic N) is 10. The zero-order valence-electron chi connectivity index (χ0n) is 81.4. The maximum Gasteiger partial charge on any atom is 0.494 e. The first-order valence-electron chi connectivity index (χ1n) is 46.4. The Labute approximate surface area is 852 Å². The number of halogens is 1. The van der Waals surface area contributed by atoms with Gasteiger partial charge < -0.3 is 76.6 Å². The summed E-state index contributed by atoms with van der Waals surface area (Å²) in [5.41, 5.74) is 26.9. The molecule has 15 aromatic rings. The molecule has 31 nitrogen and oxygen atoms in total. The molecular weight excluding hydrogens is 1950 g/mol. The van der Waals surface area contributed by atoms with Crippen molar-refractivity contribution in [1.82, 2.24) is 70.9 Å². The van der Waals surface area contributed by atoms with Crippen LogP contribution in [-0.2, 0) is 41.3 Å². The lowest BCUT2D eigenvalue weighted by Gasteiger charge is -2.32. The van der Waals surface area contributed by atoms with Crippen LogP contribution in [0.15, 0.2) is 198 Å². The monoisotopic (exact) mass is 2060 g/mol. The molecule has 12 N–H and O–H groups in total. The first-order chi connectivity index (χ1) is 68.7. The molecule has 0 spiro atoms. The van der Waals surface area contributed by atoms with E-state index in [0.29, 0.717) is 82.0 Å². The number of aromatic amines is 3. The average molecular weight is 2060 g/mol. The van der Waals surface area contributed by atoms with Crippen LogP contribution in [-0.4, -0.2) is 194 Å². The smallest absolute Gasteiger partial charge is 0.478 e. The molecule has 5 aliphatic rings. The van der Waals surface area contributed by atoms with Crippen LogP contribution >= 0.6 is 61.3 Å². The second kappa shape index (κ2) is 47.0. The number of amides is 5. The number of carboxylic acid groups (broad SMARTS) is 2. The summed E-state index contributed by atoms with van der Waals surface area (Å²) in [7, 11) is -0.369. The van der Waals surface area contributed by atoms with Gasteiger partial charge in [-0.2, -0.15) is 0 Å². The molecule has 734 valence electrons. The molecule has 20 rings (SSSR count). The Kier molecular flexibility index (Phi) is 34.3. The lowest BCUT2D eigenvalue weighted by molar-refractivity contribution is -0.115. The molecule has 8 aromatic carbocycles. The van der Waals surface area contributed by atoms with Crippen LogP contribution in [0.5, 0.6) is 0 Å². The molecule has 37 heteroatoms. The van der Waals surface area contributed by atoms with Gasteiger partial charge in [0.2, 0.25) is 11.8 Å². The molecule has 0 aliphatic carbocycles. The van der Waals surface area contributed by atoms with Crippen molar-refractivity contribution in [3.8, 4) is 74.0 Å². The fourth-order valence-corrected chi connectivity index (χ4v) is 20.0. The van der Waals surface area contributed by atoms with Crippen LogP contribution in [0.1, 0.15) is 164 Å². The number of aromatic carboxylic acids is 2. The first kappa shape index (κ1) is 104. The number of carboxylic acids is 2. The van der Waals surface area contributed by atoms with Gasteiger partial charge in [-0.05, 0) is 217 Å². The molecule has 0 atom stereocenters. The third kappa shape index (κ3) is 25.0. The maximum atomic E-state index is 13.0. The molecule has 1 saturated heterocycles. The Morgan fingerprint density at radius 1 is 0.441 bits per heavy atom. The zero-order chi connectivity index (χ0) is 102. The fraction of sp³-hybridized carbons (Fsp3) is 0.245. The molecular formula is C106H109BBrN19O12S4. The number of anilines is 4. The van der Waals surface area contributed by atoms with Crippen LogP contribution in [0.2, 0.25) is 0 Å². The minimum Gasteiger partial charge on any atom is -0.478 e. The Hall–Kier alpha value is -14.4. The number of aldehydes is 1. The van der Waals surface area contributed by atoms with Gasteiger partial charge in [0, 0.05) is 127 Å². The molecule has 0 radical (unpaired) electrons. The summed E-state index contributed by atoms with van der Waals surface area (Å²) >= 11 is 9.36.